The Balaban J connectivity index is 2.62. The Labute approximate surface area is 114 Å². The number of aliphatic hydroxyl groups excluding tert-OH is 1. The number of hydrogen-bond donors (Lipinski definition) is 1. The summed E-state index contributed by atoms with van der Waals surface area (Å²) in [6.07, 6.45) is 3.28. The van der Waals surface area contributed by atoms with Crippen molar-refractivity contribution in [1.82, 2.24) is 4.90 Å². The summed E-state index contributed by atoms with van der Waals surface area (Å²) < 4.78 is 0. The van der Waals surface area contributed by atoms with Crippen LogP contribution in [0.25, 0.3) is 0 Å². The van der Waals surface area contributed by atoms with Crippen LogP contribution in [0.2, 0.25) is 0 Å². The summed E-state index contributed by atoms with van der Waals surface area (Å²) in [4.78, 5) is 2.49. The smallest absolute Gasteiger partial charge is 0.0580 e. The molecular weight excluding hydrogens is 222 g/mol. The van der Waals surface area contributed by atoms with Crippen molar-refractivity contribution >= 4 is 0 Å². The van der Waals surface area contributed by atoms with E-state index in [0.29, 0.717) is 17.4 Å². The van der Waals surface area contributed by atoms with Gasteiger partial charge >= 0.3 is 0 Å². The summed E-state index contributed by atoms with van der Waals surface area (Å²) in [6.45, 7) is 15.9. The van der Waals surface area contributed by atoms with E-state index in [2.05, 4.69) is 46.4 Å². The van der Waals surface area contributed by atoms with E-state index in [4.69, 9.17) is 0 Å². The predicted molar refractivity (Wildman–Crippen MR) is 78.7 cm³/mol. The van der Waals surface area contributed by atoms with Crippen molar-refractivity contribution in [3.05, 3.63) is 0 Å². The van der Waals surface area contributed by atoms with Crippen molar-refractivity contribution in [2.75, 3.05) is 13.1 Å². The van der Waals surface area contributed by atoms with Crippen LogP contribution in [-0.2, 0) is 0 Å². The molecule has 0 saturated heterocycles. The van der Waals surface area contributed by atoms with Crippen LogP contribution >= 0.6 is 0 Å². The van der Waals surface area contributed by atoms with Crippen LogP contribution in [0.5, 0.6) is 0 Å². The third-order valence-corrected chi connectivity index (χ3v) is 4.77. The van der Waals surface area contributed by atoms with Crippen LogP contribution < -0.4 is 0 Å². The topological polar surface area (TPSA) is 23.5 Å². The minimum atomic E-state index is -0.0867. The van der Waals surface area contributed by atoms with Crippen molar-refractivity contribution in [3.63, 3.8) is 0 Å². The highest BCUT2D eigenvalue weighted by Gasteiger charge is 2.35. The van der Waals surface area contributed by atoms with Crippen LogP contribution in [0.4, 0.5) is 0 Å². The molecule has 1 saturated carbocycles. The molecule has 1 aliphatic carbocycles. The van der Waals surface area contributed by atoms with Crippen LogP contribution in [-0.4, -0.2) is 35.2 Å². The summed E-state index contributed by atoms with van der Waals surface area (Å²) in [5.74, 6) is 1.22. The van der Waals surface area contributed by atoms with E-state index >= 15 is 0 Å². The number of rotatable bonds is 4. The molecule has 18 heavy (non-hydrogen) atoms. The molecule has 3 atom stereocenters. The van der Waals surface area contributed by atoms with Gasteiger partial charge < -0.3 is 10.0 Å². The van der Waals surface area contributed by atoms with Gasteiger partial charge in [0.25, 0.3) is 0 Å². The van der Waals surface area contributed by atoms with Crippen LogP contribution in [0.15, 0.2) is 0 Å². The maximum atomic E-state index is 10.3. The van der Waals surface area contributed by atoms with Gasteiger partial charge in [0, 0.05) is 12.6 Å². The molecule has 0 aromatic rings. The van der Waals surface area contributed by atoms with E-state index in [0.717, 1.165) is 25.4 Å². The normalized spacial score (nSPS) is 30.2. The summed E-state index contributed by atoms with van der Waals surface area (Å²) in [5, 5.41) is 10.3. The lowest BCUT2D eigenvalue weighted by molar-refractivity contribution is -0.000164. The number of nitrogens with zero attached hydrogens (tertiary/aromatic N) is 1. The van der Waals surface area contributed by atoms with Crippen molar-refractivity contribution in [1.29, 1.82) is 0 Å². The largest absolute Gasteiger partial charge is 0.393 e. The molecule has 1 fully saturated rings. The van der Waals surface area contributed by atoms with Gasteiger partial charge in [-0.25, -0.2) is 0 Å². The Bertz CT molecular complexity index is 242. The lowest BCUT2D eigenvalue weighted by Crippen LogP contribution is -2.43. The van der Waals surface area contributed by atoms with E-state index in [-0.39, 0.29) is 6.10 Å². The fraction of sp³-hybridized carbons (Fsp3) is 1.00. The Morgan fingerprint density at radius 1 is 1.22 bits per heavy atom. The molecule has 0 amide bonds. The monoisotopic (exact) mass is 255 g/mol. The summed E-state index contributed by atoms with van der Waals surface area (Å²) in [5.41, 5.74) is 0.382. The maximum Gasteiger partial charge on any atom is 0.0580 e. The second-order valence-electron chi connectivity index (χ2n) is 7.38. The highest BCUT2D eigenvalue weighted by Crippen LogP contribution is 2.40. The van der Waals surface area contributed by atoms with Gasteiger partial charge in [-0.05, 0) is 56.9 Å². The van der Waals surface area contributed by atoms with Gasteiger partial charge in [-0.1, -0.05) is 27.7 Å². The summed E-state index contributed by atoms with van der Waals surface area (Å²) >= 11 is 0. The lowest BCUT2D eigenvalue weighted by Gasteiger charge is -2.42. The molecule has 3 unspecified atom stereocenters. The van der Waals surface area contributed by atoms with Crippen molar-refractivity contribution in [2.45, 2.75) is 73.0 Å². The van der Waals surface area contributed by atoms with Gasteiger partial charge in [-0.15, -0.1) is 0 Å². The standard InChI is InChI=1S/C16H33NO/c1-7-17(12(2)3)11-13-10-14(16(4,5)6)8-9-15(13)18/h12-15,18H,7-11H2,1-6H3. The van der Waals surface area contributed by atoms with E-state index in [9.17, 15) is 5.11 Å². The maximum absolute atomic E-state index is 10.3. The first kappa shape index (κ1) is 16.0. The molecule has 0 spiro atoms. The minimum Gasteiger partial charge on any atom is -0.393 e. The van der Waals surface area contributed by atoms with Gasteiger partial charge in [-0.2, -0.15) is 0 Å². The van der Waals surface area contributed by atoms with E-state index < -0.39 is 0 Å². The Hall–Kier alpha value is -0.0800. The zero-order valence-electron chi connectivity index (χ0n) is 13.2. The molecule has 1 N–H and O–H groups in total. The Morgan fingerprint density at radius 3 is 2.28 bits per heavy atom. The molecule has 0 heterocycles. The zero-order valence-corrected chi connectivity index (χ0v) is 13.2. The molecule has 0 aromatic heterocycles. The van der Waals surface area contributed by atoms with Gasteiger partial charge in [0.1, 0.15) is 0 Å². The zero-order chi connectivity index (χ0) is 13.9. The molecule has 0 aromatic carbocycles. The number of aliphatic hydroxyl groups is 1. The van der Waals surface area contributed by atoms with E-state index in [1.54, 1.807) is 0 Å². The average Bonchev–Trinajstić information content (AvgIpc) is 2.25. The first-order valence-corrected chi connectivity index (χ1v) is 7.67. The quantitative estimate of drug-likeness (QED) is 0.830. The summed E-state index contributed by atoms with van der Waals surface area (Å²) in [7, 11) is 0. The van der Waals surface area contributed by atoms with E-state index in [1.165, 1.54) is 12.8 Å². The SMILES string of the molecule is CCN(CC1CC(C(C)(C)C)CCC1O)C(C)C. The number of hydrogen-bond acceptors (Lipinski definition) is 2. The summed E-state index contributed by atoms with van der Waals surface area (Å²) in [6, 6.07) is 0.581. The Kier molecular flexibility index (Phi) is 5.67. The fourth-order valence-electron chi connectivity index (χ4n) is 3.24. The van der Waals surface area contributed by atoms with Gasteiger partial charge in [0.05, 0.1) is 6.10 Å². The van der Waals surface area contributed by atoms with Crippen molar-refractivity contribution in [3.8, 4) is 0 Å². The van der Waals surface area contributed by atoms with Crippen LogP contribution in [0.1, 0.15) is 60.8 Å². The van der Waals surface area contributed by atoms with Crippen LogP contribution in [0.3, 0.4) is 0 Å². The van der Waals surface area contributed by atoms with Gasteiger partial charge in [-0.3, -0.25) is 0 Å². The highest BCUT2D eigenvalue weighted by molar-refractivity contribution is 4.87. The molecule has 1 aliphatic rings. The molecule has 2 nitrogen and oxygen atoms in total. The first-order chi connectivity index (χ1) is 8.25. The second kappa shape index (κ2) is 6.38. The third-order valence-electron chi connectivity index (χ3n) is 4.77. The third kappa shape index (κ3) is 4.24. The second-order valence-corrected chi connectivity index (χ2v) is 7.38. The molecule has 2 heteroatoms. The van der Waals surface area contributed by atoms with Crippen LogP contribution in [0, 0.1) is 17.3 Å². The highest BCUT2D eigenvalue weighted by atomic mass is 16.3. The van der Waals surface area contributed by atoms with Gasteiger partial charge in [0.2, 0.25) is 0 Å². The predicted octanol–water partition coefficient (Wildman–Crippen LogP) is 3.54. The van der Waals surface area contributed by atoms with Gasteiger partial charge in [0.15, 0.2) is 0 Å². The molecule has 0 aliphatic heterocycles. The average molecular weight is 255 g/mol. The molecule has 1 rings (SSSR count). The van der Waals surface area contributed by atoms with Crippen molar-refractivity contribution in [2.24, 2.45) is 17.3 Å². The fourth-order valence-corrected chi connectivity index (χ4v) is 3.24. The molecule has 0 radical (unpaired) electrons. The first-order valence-electron chi connectivity index (χ1n) is 7.67. The Morgan fingerprint density at radius 2 is 1.83 bits per heavy atom. The lowest BCUT2D eigenvalue weighted by atomic mass is 9.68. The minimum absolute atomic E-state index is 0.0867. The molecule has 0 bridgehead atoms. The molecular formula is C16H33NO. The van der Waals surface area contributed by atoms with E-state index in [1.807, 2.05) is 0 Å². The molecule has 108 valence electrons. The van der Waals surface area contributed by atoms with Crippen molar-refractivity contribution < 1.29 is 5.11 Å².